The molecule has 1 atom stereocenters. The number of amides is 2. The zero-order valence-electron chi connectivity index (χ0n) is 22.7. The number of carbonyl (C=O) groups is 2. The molecule has 2 aromatic rings. The summed E-state index contributed by atoms with van der Waals surface area (Å²) in [6, 6.07) is 5.76. The second kappa shape index (κ2) is 10.8. The predicted molar refractivity (Wildman–Crippen MR) is 146 cm³/mol. The number of aromatic nitrogens is 2. The summed E-state index contributed by atoms with van der Waals surface area (Å²) in [5.74, 6) is 1.93. The van der Waals surface area contributed by atoms with Gasteiger partial charge in [-0.15, -0.1) is 0 Å². The van der Waals surface area contributed by atoms with E-state index in [1.54, 1.807) is 30.3 Å². The van der Waals surface area contributed by atoms with Gasteiger partial charge in [0.25, 0.3) is 5.91 Å². The molecule has 5 rings (SSSR count). The van der Waals surface area contributed by atoms with E-state index in [-0.39, 0.29) is 17.9 Å². The van der Waals surface area contributed by atoms with E-state index in [0.717, 1.165) is 36.5 Å². The van der Waals surface area contributed by atoms with E-state index in [4.69, 9.17) is 14.5 Å². The second-order valence-corrected chi connectivity index (χ2v) is 11.1. The Labute approximate surface area is 224 Å². The summed E-state index contributed by atoms with van der Waals surface area (Å²) in [5, 5.41) is 6.37. The number of nitrogens with one attached hydrogen (secondary N) is 2. The molecule has 2 amide bonds. The molecule has 1 aromatic heterocycles. The molecule has 10 nitrogen and oxygen atoms in total. The van der Waals surface area contributed by atoms with E-state index in [9.17, 15) is 9.59 Å². The number of carbonyl (C=O) groups excluding carboxylic acids is 2. The van der Waals surface area contributed by atoms with E-state index in [0.29, 0.717) is 49.5 Å². The molecule has 204 valence electrons. The summed E-state index contributed by atoms with van der Waals surface area (Å²) in [4.78, 5) is 39.5. The molecule has 2 N–H and O–H groups in total. The molecule has 2 aliphatic heterocycles. The van der Waals surface area contributed by atoms with Crippen molar-refractivity contribution in [1.82, 2.24) is 15.3 Å². The minimum atomic E-state index is -0.525. The average molecular weight is 523 g/mol. The first-order chi connectivity index (χ1) is 18.3. The molecule has 3 aliphatic rings. The zero-order chi connectivity index (χ0) is 26.9. The highest BCUT2D eigenvalue weighted by Gasteiger charge is 2.41. The van der Waals surface area contributed by atoms with Gasteiger partial charge in [-0.2, -0.15) is 0 Å². The Morgan fingerprint density at radius 3 is 2.74 bits per heavy atom. The lowest BCUT2D eigenvalue weighted by atomic mass is 9.91. The zero-order valence-corrected chi connectivity index (χ0v) is 22.7. The number of anilines is 3. The van der Waals surface area contributed by atoms with Crippen LogP contribution in [0.3, 0.4) is 0 Å². The first kappa shape index (κ1) is 26.2. The summed E-state index contributed by atoms with van der Waals surface area (Å²) in [5.41, 5.74) is 1.50. The van der Waals surface area contributed by atoms with Gasteiger partial charge in [-0.05, 0) is 51.3 Å². The van der Waals surface area contributed by atoms with Crippen LogP contribution in [0.2, 0.25) is 0 Å². The van der Waals surface area contributed by atoms with Crippen LogP contribution in [0, 0.1) is 5.41 Å². The lowest BCUT2D eigenvalue weighted by Crippen LogP contribution is -2.45. The van der Waals surface area contributed by atoms with E-state index < -0.39 is 5.41 Å². The molecule has 0 unspecified atom stereocenters. The van der Waals surface area contributed by atoms with Crippen LogP contribution in [0.5, 0.6) is 5.75 Å². The largest absolute Gasteiger partial charge is 0.495 e. The van der Waals surface area contributed by atoms with Crippen molar-refractivity contribution in [2.24, 2.45) is 5.41 Å². The van der Waals surface area contributed by atoms with Crippen molar-refractivity contribution in [3.63, 3.8) is 0 Å². The summed E-state index contributed by atoms with van der Waals surface area (Å²) in [7, 11) is 3.39. The van der Waals surface area contributed by atoms with Gasteiger partial charge in [0, 0.05) is 31.8 Å². The number of hydrogen-bond donors (Lipinski definition) is 2. The molecule has 1 saturated heterocycles. The van der Waals surface area contributed by atoms with Gasteiger partial charge in [0.1, 0.15) is 17.3 Å². The van der Waals surface area contributed by atoms with Crippen molar-refractivity contribution in [2.45, 2.75) is 64.6 Å². The Balaban J connectivity index is 1.35. The molecule has 10 heteroatoms. The molecular formula is C28H38N6O4. The fourth-order valence-corrected chi connectivity index (χ4v) is 5.65. The Kier molecular flexibility index (Phi) is 7.43. The Hall–Kier alpha value is -3.40. The van der Waals surface area contributed by atoms with Gasteiger partial charge >= 0.3 is 0 Å². The first-order valence-electron chi connectivity index (χ1n) is 13.5. The molecule has 3 heterocycles. The number of methoxy groups -OCH3 is 1. The fraction of sp³-hybridized carbons (Fsp3) is 0.571. The van der Waals surface area contributed by atoms with Gasteiger partial charge in [-0.3, -0.25) is 9.59 Å². The SMILES string of the molecule is COc1cc(C(=O)N[C@@H]2CCOC2)ccc1NCc1ncc2c(n1)N(C1CCCC1)CC(C)(C)C(=O)N2C. The van der Waals surface area contributed by atoms with Gasteiger partial charge in [-0.25, -0.2) is 9.97 Å². The van der Waals surface area contributed by atoms with E-state index in [2.05, 4.69) is 20.5 Å². The molecule has 1 aromatic carbocycles. The Bertz CT molecular complexity index is 1190. The van der Waals surface area contributed by atoms with Crippen molar-refractivity contribution < 1.29 is 19.1 Å². The van der Waals surface area contributed by atoms with E-state index in [1.807, 2.05) is 27.0 Å². The summed E-state index contributed by atoms with van der Waals surface area (Å²) < 4.78 is 10.9. The van der Waals surface area contributed by atoms with Gasteiger partial charge in [0.2, 0.25) is 5.91 Å². The van der Waals surface area contributed by atoms with Crippen molar-refractivity contribution in [2.75, 3.05) is 49.0 Å². The van der Waals surface area contributed by atoms with Crippen LogP contribution in [-0.2, 0) is 16.1 Å². The quantitative estimate of drug-likeness (QED) is 0.570. The van der Waals surface area contributed by atoms with Crippen molar-refractivity contribution in [3.05, 3.63) is 35.8 Å². The normalized spacial score (nSPS) is 21.3. The van der Waals surface area contributed by atoms with Gasteiger partial charge in [0.15, 0.2) is 5.82 Å². The molecule has 0 bridgehead atoms. The first-order valence-corrected chi connectivity index (χ1v) is 13.5. The van der Waals surface area contributed by atoms with Crippen molar-refractivity contribution >= 4 is 29.0 Å². The van der Waals surface area contributed by atoms with Gasteiger partial charge in [-0.1, -0.05) is 12.8 Å². The topological polar surface area (TPSA) is 109 Å². The minimum Gasteiger partial charge on any atom is -0.495 e. The van der Waals surface area contributed by atoms with Crippen LogP contribution in [0.1, 0.15) is 62.1 Å². The van der Waals surface area contributed by atoms with Crippen LogP contribution in [0.4, 0.5) is 17.2 Å². The summed E-state index contributed by atoms with van der Waals surface area (Å²) in [6.45, 7) is 6.23. The third-order valence-corrected chi connectivity index (χ3v) is 7.81. The highest BCUT2D eigenvalue weighted by molar-refractivity contribution is 6.00. The maximum atomic E-state index is 13.2. The minimum absolute atomic E-state index is 0.0420. The number of ether oxygens (including phenoxy) is 2. The molecule has 0 radical (unpaired) electrons. The van der Waals surface area contributed by atoms with Crippen LogP contribution in [-0.4, -0.2) is 67.8 Å². The van der Waals surface area contributed by atoms with E-state index in [1.165, 1.54) is 12.8 Å². The fourth-order valence-electron chi connectivity index (χ4n) is 5.65. The molecular weight excluding hydrogens is 484 g/mol. The molecule has 1 saturated carbocycles. The predicted octanol–water partition coefficient (Wildman–Crippen LogP) is 3.37. The Morgan fingerprint density at radius 1 is 1.24 bits per heavy atom. The molecule has 2 fully saturated rings. The molecule has 38 heavy (non-hydrogen) atoms. The summed E-state index contributed by atoms with van der Waals surface area (Å²) >= 11 is 0. The lowest BCUT2D eigenvalue weighted by Gasteiger charge is -2.34. The third kappa shape index (κ3) is 5.27. The van der Waals surface area contributed by atoms with E-state index >= 15 is 0 Å². The highest BCUT2D eigenvalue weighted by Crippen LogP contribution is 2.39. The second-order valence-electron chi connectivity index (χ2n) is 11.1. The average Bonchev–Trinajstić information content (AvgIpc) is 3.63. The third-order valence-electron chi connectivity index (χ3n) is 7.81. The van der Waals surface area contributed by atoms with Crippen LogP contribution in [0.15, 0.2) is 24.4 Å². The number of rotatable bonds is 7. The van der Waals surface area contributed by atoms with Gasteiger partial charge in [0.05, 0.1) is 43.6 Å². The van der Waals surface area contributed by atoms with Crippen molar-refractivity contribution in [1.29, 1.82) is 0 Å². The molecule has 0 spiro atoms. The summed E-state index contributed by atoms with van der Waals surface area (Å²) in [6.07, 6.45) is 7.19. The molecule has 1 aliphatic carbocycles. The van der Waals surface area contributed by atoms with Gasteiger partial charge < -0.3 is 29.9 Å². The highest BCUT2D eigenvalue weighted by atomic mass is 16.5. The van der Waals surface area contributed by atoms with Crippen LogP contribution < -0.4 is 25.2 Å². The number of benzene rings is 1. The number of hydrogen-bond acceptors (Lipinski definition) is 8. The maximum absolute atomic E-state index is 13.2. The lowest BCUT2D eigenvalue weighted by molar-refractivity contribution is -0.125. The number of fused-ring (bicyclic) bond motifs is 1. The number of nitrogens with zero attached hydrogens (tertiary/aromatic N) is 4. The smallest absolute Gasteiger partial charge is 0.251 e. The van der Waals surface area contributed by atoms with Crippen LogP contribution in [0.25, 0.3) is 0 Å². The standard InChI is InChI=1S/C28H38N6O4/c1-28(2)17-34(20-7-5-6-8-20)25-22(33(3)27(28)36)14-30-24(32-25)15-29-21-10-9-18(13-23(21)37-4)26(35)31-19-11-12-38-16-19/h9-10,13-14,19-20,29H,5-8,11-12,15-17H2,1-4H3,(H,31,35)/t19-/m1/s1. The van der Waals surface area contributed by atoms with Crippen molar-refractivity contribution in [3.8, 4) is 5.75 Å². The van der Waals surface area contributed by atoms with Crippen LogP contribution >= 0.6 is 0 Å². The monoisotopic (exact) mass is 522 g/mol. The Morgan fingerprint density at radius 2 is 2.03 bits per heavy atom. The maximum Gasteiger partial charge on any atom is 0.251 e.